The van der Waals surface area contributed by atoms with Crippen molar-refractivity contribution >= 4 is 28.1 Å². The van der Waals surface area contributed by atoms with Crippen LogP contribution in [0, 0.1) is 0 Å². The van der Waals surface area contributed by atoms with E-state index in [0.29, 0.717) is 0 Å². The fourth-order valence-electron chi connectivity index (χ4n) is 2.22. The third-order valence-corrected chi connectivity index (χ3v) is 4.41. The van der Waals surface area contributed by atoms with Crippen molar-refractivity contribution in [2.24, 2.45) is 0 Å². The molecule has 2 heterocycles. The SMILES string of the molecule is CC(Nc1ccc2nc(C(C)(C)C)[nH]c2c1)c1cncs1. The molecule has 0 spiro atoms. The van der Waals surface area contributed by atoms with Gasteiger partial charge in [-0.3, -0.25) is 4.98 Å². The fourth-order valence-corrected chi connectivity index (χ4v) is 2.84. The molecule has 1 unspecified atom stereocenters. The van der Waals surface area contributed by atoms with Gasteiger partial charge in [-0.1, -0.05) is 20.8 Å². The molecule has 1 aromatic carbocycles. The van der Waals surface area contributed by atoms with Gasteiger partial charge in [0, 0.05) is 22.2 Å². The van der Waals surface area contributed by atoms with Crippen LogP contribution in [0.25, 0.3) is 11.0 Å². The van der Waals surface area contributed by atoms with E-state index in [1.165, 1.54) is 4.88 Å². The minimum Gasteiger partial charge on any atom is -0.378 e. The molecular weight excluding hydrogens is 280 g/mol. The van der Waals surface area contributed by atoms with Crippen molar-refractivity contribution in [2.45, 2.75) is 39.2 Å². The Labute approximate surface area is 128 Å². The van der Waals surface area contributed by atoms with E-state index in [9.17, 15) is 0 Å². The molecule has 3 rings (SSSR count). The van der Waals surface area contributed by atoms with Crippen LogP contribution in [0.1, 0.15) is 44.4 Å². The lowest BCUT2D eigenvalue weighted by Crippen LogP contribution is -2.12. The Morgan fingerprint density at radius 2 is 2.10 bits per heavy atom. The highest BCUT2D eigenvalue weighted by atomic mass is 32.1. The maximum absolute atomic E-state index is 4.66. The highest BCUT2D eigenvalue weighted by Gasteiger charge is 2.18. The summed E-state index contributed by atoms with van der Waals surface area (Å²) >= 11 is 1.67. The monoisotopic (exact) mass is 300 g/mol. The van der Waals surface area contributed by atoms with E-state index in [0.717, 1.165) is 22.5 Å². The maximum Gasteiger partial charge on any atom is 0.112 e. The number of aromatic nitrogens is 3. The van der Waals surface area contributed by atoms with Gasteiger partial charge in [0.2, 0.25) is 0 Å². The Balaban J connectivity index is 1.87. The molecule has 0 fully saturated rings. The Kier molecular flexibility index (Phi) is 3.45. The standard InChI is InChI=1S/C16H20N4S/c1-10(14-8-17-9-21-14)18-11-5-6-12-13(7-11)20-15(19-12)16(2,3)4/h5-10,18H,1-4H3,(H,19,20). The molecule has 3 aromatic rings. The molecule has 0 saturated heterocycles. The fraction of sp³-hybridized carbons (Fsp3) is 0.375. The van der Waals surface area contributed by atoms with Crippen LogP contribution in [0.2, 0.25) is 0 Å². The van der Waals surface area contributed by atoms with Gasteiger partial charge < -0.3 is 10.3 Å². The summed E-state index contributed by atoms with van der Waals surface area (Å²) in [6.07, 6.45) is 1.91. The summed E-state index contributed by atoms with van der Waals surface area (Å²) in [5.41, 5.74) is 5.06. The van der Waals surface area contributed by atoms with Crippen LogP contribution in [-0.4, -0.2) is 15.0 Å². The first-order valence-electron chi connectivity index (χ1n) is 7.08. The van der Waals surface area contributed by atoms with Gasteiger partial charge in [-0.15, -0.1) is 11.3 Å². The minimum absolute atomic E-state index is 0.0303. The van der Waals surface area contributed by atoms with Crippen LogP contribution in [-0.2, 0) is 5.41 Å². The van der Waals surface area contributed by atoms with E-state index in [1.54, 1.807) is 11.3 Å². The van der Waals surface area contributed by atoms with Gasteiger partial charge >= 0.3 is 0 Å². The zero-order valence-corrected chi connectivity index (χ0v) is 13.6. The van der Waals surface area contributed by atoms with Gasteiger partial charge in [0.15, 0.2) is 0 Å². The largest absolute Gasteiger partial charge is 0.378 e. The zero-order chi connectivity index (χ0) is 15.0. The first-order valence-corrected chi connectivity index (χ1v) is 7.96. The highest BCUT2D eigenvalue weighted by molar-refractivity contribution is 7.09. The second-order valence-electron chi connectivity index (χ2n) is 6.34. The lowest BCUT2D eigenvalue weighted by atomic mass is 9.96. The first-order chi connectivity index (χ1) is 9.93. The molecule has 0 aliphatic heterocycles. The van der Waals surface area contributed by atoms with E-state index < -0.39 is 0 Å². The maximum atomic E-state index is 4.66. The lowest BCUT2D eigenvalue weighted by Gasteiger charge is -2.13. The van der Waals surface area contributed by atoms with Crippen LogP contribution >= 0.6 is 11.3 Å². The Bertz CT molecular complexity index is 737. The number of aromatic amines is 1. The van der Waals surface area contributed by atoms with Crippen molar-refractivity contribution in [3.63, 3.8) is 0 Å². The predicted octanol–water partition coefficient (Wildman–Crippen LogP) is 4.49. The van der Waals surface area contributed by atoms with E-state index in [1.807, 2.05) is 11.7 Å². The van der Waals surface area contributed by atoms with Crippen LogP contribution < -0.4 is 5.32 Å². The van der Waals surface area contributed by atoms with Gasteiger partial charge in [-0.25, -0.2) is 4.98 Å². The summed E-state index contributed by atoms with van der Waals surface area (Å²) < 4.78 is 0. The predicted molar refractivity (Wildman–Crippen MR) is 88.9 cm³/mol. The Morgan fingerprint density at radius 1 is 1.29 bits per heavy atom. The number of fused-ring (bicyclic) bond motifs is 1. The molecule has 1 atom stereocenters. The second kappa shape index (κ2) is 5.15. The molecule has 0 aliphatic carbocycles. The summed E-state index contributed by atoms with van der Waals surface area (Å²) in [6.45, 7) is 8.63. The molecule has 21 heavy (non-hydrogen) atoms. The smallest absolute Gasteiger partial charge is 0.112 e. The zero-order valence-electron chi connectivity index (χ0n) is 12.8. The minimum atomic E-state index is 0.0303. The summed E-state index contributed by atoms with van der Waals surface area (Å²) in [4.78, 5) is 13.4. The number of nitrogens with one attached hydrogen (secondary N) is 2. The first kappa shape index (κ1) is 14.1. The van der Waals surface area contributed by atoms with Crippen molar-refractivity contribution in [1.82, 2.24) is 15.0 Å². The normalized spacial score (nSPS) is 13.5. The highest BCUT2D eigenvalue weighted by Crippen LogP contribution is 2.26. The number of rotatable bonds is 3. The van der Waals surface area contributed by atoms with Gasteiger partial charge in [-0.2, -0.15) is 0 Å². The molecule has 0 aliphatic rings. The molecule has 0 saturated carbocycles. The quantitative estimate of drug-likeness (QED) is 0.749. The molecule has 0 radical (unpaired) electrons. The van der Waals surface area contributed by atoms with Crippen molar-refractivity contribution in [2.75, 3.05) is 5.32 Å². The summed E-state index contributed by atoms with van der Waals surface area (Å²) in [7, 11) is 0. The van der Waals surface area contributed by atoms with Crippen LogP contribution in [0.3, 0.4) is 0 Å². The van der Waals surface area contributed by atoms with Crippen LogP contribution in [0.4, 0.5) is 5.69 Å². The van der Waals surface area contributed by atoms with Crippen LogP contribution in [0.15, 0.2) is 29.9 Å². The molecular formula is C16H20N4S. The average molecular weight is 300 g/mol. The Hall–Kier alpha value is -1.88. The second-order valence-corrected chi connectivity index (χ2v) is 7.26. The topological polar surface area (TPSA) is 53.6 Å². The van der Waals surface area contributed by atoms with Crippen molar-refractivity contribution in [3.05, 3.63) is 40.6 Å². The molecule has 5 heteroatoms. The molecule has 4 nitrogen and oxygen atoms in total. The number of hydrogen-bond donors (Lipinski definition) is 2. The van der Waals surface area contributed by atoms with Gasteiger partial charge in [0.05, 0.1) is 22.6 Å². The molecule has 2 N–H and O–H groups in total. The lowest BCUT2D eigenvalue weighted by molar-refractivity contribution is 0.554. The number of anilines is 1. The number of benzene rings is 1. The van der Waals surface area contributed by atoms with Crippen molar-refractivity contribution in [1.29, 1.82) is 0 Å². The third-order valence-electron chi connectivity index (χ3n) is 3.45. The van der Waals surface area contributed by atoms with Crippen molar-refractivity contribution in [3.8, 4) is 0 Å². The van der Waals surface area contributed by atoms with E-state index >= 15 is 0 Å². The van der Waals surface area contributed by atoms with Crippen molar-refractivity contribution < 1.29 is 0 Å². The molecule has 2 aromatic heterocycles. The van der Waals surface area contributed by atoms with Gasteiger partial charge in [0.25, 0.3) is 0 Å². The number of hydrogen-bond acceptors (Lipinski definition) is 4. The van der Waals surface area contributed by atoms with E-state index in [2.05, 4.69) is 66.2 Å². The van der Waals surface area contributed by atoms with E-state index in [4.69, 9.17) is 0 Å². The van der Waals surface area contributed by atoms with Gasteiger partial charge in [-0.05, 0) is 25.1 Å². The number of thiazole rings is 1. The number of H-pyrrole nitrogens is 1. The number of imidazole rings is 1. The number of nitrogens with zero attached hydrogens (tertiary/aromatic N) is 2. The Morgan fingerprint density at radius 3 is 2.76 bits per heavy atom. The molecule has 0 amide bonds. The van der Waals surface area contributed by atoms with Gasteiger partial charge in [0.1, 0.15) is 5.82 Å². The third kappa shape index (κ3) is 2.93. The molecule has 0 bridgehead atoms. The summed E-state index contributed by atoms with van der Waals surface area (Å²) in [5.74, 6) is 1.02. The molecule has 110 valence electrons. The summed E-state index contributed by atoms with van der Waals surface area (Å²) in [5, 5.41) is 3.51. The van der Waals surface area contributed by atoms with Crippen LogP contribution in [0.5, 0.6) is 0 Å². The summed E-state index contributed by atoms with van der Waals surface area (Å²) in [6, 6.07) is 6.50. The van der Waals surface area contributed by atoms with E-state index in [-0.39, 0.29) is 11.5 Å². The average Bonchev–Trinajstić information content (AvgIpc) is 3.06.